The molecule has 1 aromatic carbocycles. The number of nitrogens with one attached hydrogen (secondary N) is 2. The van der Waals surface area contributed by atoms with Crippen LogP contribution in [-0.4, -0.2) is 37.2 Å². The molecule has 4 heteroatoms. The standard InChI is InChI=1S/C16H27N3S/c1-4-5-7-14-8-10-15(11-9-14)18-16(20)17-12-6-13-19(2)3/h8-11H,4-7,12-13H2,1-3H3,(H2,17,18,20). The van der Waals surface area contributed by atoms with E-state index >= 15 is 0 Å². The Labute approximate surface area is 128 Å². The molecule has 0 spiro atoms. The summed E-state index contributed by atoms with van der Waals surface area (Å²) in [5, 5.41) is 7.15. The van der Waals surface area contributed by atoms with Gasteiger partial charge in [-0.15, -0.1) is 0 Å². The molecule has 0 saturated carbocycles. The summed E-state index contributed by atoms with van der Waals surface area (Å²) in [4.78, 5) is 2.17. The van der Waals surface area contributed by atoms with Crippen LogP contribution >= 0.6 is 12.2 Å². The molecule has 0 heterocycles. The van der Waals surface area contributed by atoms with E-state index in [9.17, 15) is 0 Å². The van der Waals surface area contributed by atoms with Gasteiger partial charge in [0.1, 0.15) is 0 Å². The Kier molecular flexibility index (Phi) is 8.23. The summed E-state index contributed by atoms with van der Waals surface area (Å²) >= 11 is 5.28. The number of hydrogen-bond acceptors (Lipinski definition) is 2. The number of benzene rings is 1. The molecule has 0 aliphatic heterocycles. The van der Waals surface area contributed by atoms with Crippen LogP contribution in [0.4, 0.5) is 5.69 Å². The topological polar surface area (TPSA) is 27.3 Å². The molecular formula is C16H27N3S. The second kappa shape index (κ2) is 9.72. The molecule has 0 saturated heterocycles. The second-order valence-electron chi connectivity index (χ2n) is 5.34. The van der Waals surface area contributed by atoms with E-state index in [1.165, 1.54) is 18.4 Å². The van der Waals surface area contributed by atoms with Crippen LogP contribution in [0.5, 0.6) is 0 Å². The molecule has 2 N–H and O–H groups in total. The highest BCUT2D eigenvalue weighted by Gasteiger charge is 1.98. The molecular weight excluding hydrogens is 266 g/mol. The largest absolute Gasteiger partial charge is 0.362 e. The van der Waals surface area contributed by atoms with Crippen molar-refractivity contribution in [2.45, 2.75) is 32.6 Å². The lowest BCUT2D eigenvalue weighted by atomic mass is 10.1. The molecule has 0 fully saturated rings. The van der Waals surface area contributed by atoms with Crippen molar-refractivity contribution in [2.75, 3.05) is 32.5 Å². The highest BCUT2D eigenvalue weighted by atomic mass is 32.1. The molecule has 1 aromatic rings. The molecule has 0 unspecified atom stereocenters. The minimum atomic E-state index is 0.699. The SMILES string of the molecule is CCCCc1ccc(NC(=S)NCCCN(C)C)cc1. The molecule has 3 nitrogen and oxygen atoms in total. The van der Waals surface area contributed by atoms with E-state index in [0.29, 0.717) is 5.11 Å². The lowest BCUT2D eigenvalue weighted by Gasteiger charge is -2.13. The predicted molar refractivity (Wildman–Crippen MR) is 92.4 cm³/mol. The fourth-order valence-corrected chi connectivity index (χ4v) is 2.13. The number of rotatable bonds is 8. The summed E-state index contributed by atoms with van der Waals surface area (Å²) in [6.07, 6.45) is 4.73. The first-order valence-electron chi connectivity index (χ1n) is 7.40. The van der Waals surface area contributed by atoms with Crippen LogP contribution in [0.15, 0.2) is 24.3 Å². The summed E-state index contributed by atoms with van der Waals surface area (Å²) in [7, 11) is 4.16. The van der Waals surface area contributed by atoms with Crippen molar-refractivity contribution in [1.82, 2.24) is 10.2 Å². The zero-order chi connectivity index (χ0) is 14.8. The van der Waals surface area contributed by atoms with Gasteiger partial charge in [0.15, 0.2) is 5.11 Å². The summed E-state index contributed by atoms with van der Waals surface area (Å²) < 4.78 is 0. The average molecular weight is 293 g/mol. The Morgan fingerprint density at radius 2 is 1.85 bits per heavy atom. The van der Waals surface area contributed by atoms with Crippen molar-refractivity contribution < 1.29 is 0 Å². The van der Waals surface area contributed by atoms with Crippen LogP contribution in [-0.2, 0) is 6.42 Å². The van der Waals surface area contributed by atoms with Crippen molar-refractivity contribution in [1.29, 1.82) is 0 Å². The van der Waals surface area contributed by atoms with Gasteiger partial charge < -0.3 is 15.5 Å². The lowest BCUT2D eigenvalue weighted by Crippen LogP contribution is -2.30. The maximum Gasteiger partial charge on any atom is 0.170 e. The average Bonchev–Trinajstić information content (AvgIpc) is 2.43. The Bertz CT molecular complexity index is 387. The first-order chi connectivity index (χ1) is 9.61. The predicted octanol–water partition coefficient (Wildman–Crippen LogP) is 3.27. The van der Waals surface area contributed by atoms with Crippen LogP contribution in [0.25, 0.3) is 0 Å². The number of hydrogen-bond donors (Lipinski definition) is 2. The van der Waals surface area contributed by atoms with E-state index in [1.807, 2.05) is 0 Å². The van der Waals surface area contributed by atoms with Crippen LogP contribution < -0.4 is 10.6 Å². The van der Waals surface area contributed by atoms with E-state index in [0.717, 1.165) is 31.6 Å². The van der Waals surface area contributed by atoms with Gasteiger partial charge in [0, 0.05) is 12.2 Å². The first kappa shape index (κ1) is 16.9. The third-order valence-electron chi connectivity index (χ3n) is 3.10. The molecule has 1 rings (SSSR count). The third kappa shape index (κ3) is 7.46. The van der Waals surface area contributed by atoms with Gasteiger partial charge in [0.2, 0.25) is 0 Å². The Morgan fingerprint density at radius 1 is 1.15 bits per heavy atom. The molecule has 0 aliphatic carbocycles. The van der Waals surface area contributed by atoms with Gasteiger partial charge in [-0.25, -0.2) is 0 Å². The minimum absolute atomic E-state index is 0.699. The van der Waals surface area contributed by atoms with Gasteiger partial charge in [-0.05, 0) is 69.8 Å². The monoisotopic (exact) mass is 293 g/mol. The van der Waals surface area contributed by atoms with Crippen LogP contribution in [0.2, 0.25) is 0 Å². The highest BCUT2D eigenvalue weighted by Crippen LogP contribution is 2.11. The van der Waals surface area contributed by atoms with Gasteiger partial charge in [-0.2, -0.15) is 0 Å². The van der Waals surface area contributed by atoms with E-state index in [1.54, 1.807) is 0 Å². The Balaban J connectivity index is 2.27. The quantitative estimate of drug-likeness (QED) is 0.568. The number of anilines is 1. The fraction of sp³-hybridized carbons (Fsp3) is 0.562. The van der Waals surface area contributed by atoms with Gasteiger partial charge in [-0.3, -0.25) is 0 Å². The van der Waals surface area contributed by atoms with Crippen LogP contribution in [0, 0.1) is 0 Å². The number of aryl methyl sites for hydroxylation is 1. The van der Waals surface area contributed by atoms with E-state index in [-0.39, 0.29) is 0 Å². The maximum absolute atomic E-state index is 5.28. The van der Waals surface area contributed by atoms with Gasteiger partial charge in [0.25, 0.3) is 0 Å². The summed E-state index contributed by atoms with van der Waals surface area (Å²) in [5.74, 6) is 0. The molecule has 0 aromatic heterocycles. The third-order valence-corrected chi connectivity index (χ3v) is 3.34. The van der Waals surface area contributed by atoms with Gasteiger partial charge in [0.05, 0.1) is 0 Å². The lowest BCUT2D eigenvalue weighted by molar-refractivity contribution is 0.400. The Morgan fingerprint density at radius 3 is 2.45 bits per heavy atom. The van der Waals surface area contributed by atoms with E-state index in [4.69, 9.17) is 12.2 Å². The summed E-state index contributed by atoms with van der Waals surface area (Å²) in [5.41, 5.74) is 2.44. The van der Waals surface area contributed by atoms with Crippen molar-refractivity contribution in [2.24, 2.45) is 0 Å². The van der Waals surface area contributed by atoms with Crippen molar-refractivity contribution in [3.05, 3.63) is 29.8 Å². The molecule has 0 bridgehead atoms. The first-order valence-corrected chi connectivity index (χ1v) is 7.81. The molecule has 0 atom stereocenters. The number of unbranched alkanes of at least 4 members (excludes halogenated alkanes) is 1. The fourth-order valence-electron chi connectivity index (χ4n) is 1.91. The summed E-state index contributed by atoms with van der Waals surface area (Å²) in [6.45, 7) is 4.19. The van der Waals surface area contributed by atoms with E-state index in [2.05, 4.69) is 60.8 Å². The van der Waals surface area contributed by atoms with Crippen LogP contribution in [0.3, 0.4) is 0 Å². The molecule has 20 heavy (non-hydrogen) atoms. The smallest absolute Gasteiger partial charge is 0.170 e. The molecule has 0 amide bonds. The van der Waals surface area contributed by atoms with Crippen molar-refractivity contribution >= 4 is 23.0 Å². The van der Waals surface area contributed by atoms with Crippen molar-refractivity contribution in [3.8, 4) is 0 Å². The van der Waals surface area contributed by atoms with Gasteiger partial charge >= 0.3 is 0 Å². The minimum Gasteiger partial charge on any atom is -0.362 e. The normalized spacial score (nSPS) is 10.6. The van der Waals surface area contributed by atoms with Crippen molar-refractivity contribution in [3.63, 3.8) is 0 Å². The van der Waals surface area contributed by atoms with Crippen LogP contribution in [0.1, 0.15) is 31.7 Å². The zero-order valence-corrected chi connectivity index (χ0v) is 13.7. The molecule has 0 aliphatic rings. The number of thiocarbonyl (C=S) groups is 1. The number of nitrogens with zero attached hydrogens (tertiary/aromatic N) is 1. The summed E-state index contributed by atoms with van der Waals surface area (Å²) in [6, 6.07) is 8.54. The Hall–Kier alpha value is -1.13. The molecule has 112 valence electrons. The van der Waals surface area contributed by atoms with Gasteiger partial charge in [-0.1, -0.05) is 25.5 Å². The zero-order valence-electron chi connectivity index (χ0n) is 12.9. The van der Waals surface area contributed by atoms with E-state index < -0.39 is 0 Å². The molecule has 0 radical (unpaired) electrons. The highest BCUT2D eigenvalue weighted by molar-refractivity contribution is 7.80. The maximum atomic E-state index is 5.28. The second-order valence-corrected chi connectivity index (χ2v) is 5.75.